The van der Waals surface area contributed by atoms with Crippen LogP contribution in [0, 0.1) is 11.7 Å². The highest BCUT2D eigenvalue weighted by Crippen LogP contribution is 2.23. The number of rotatable bonds is 11. The van der Waals surface area contributed by atoms with Crippen molar-refractivity contribution in [2.75, 3.05) is 17.1 Å². The summed E-state index contributed by atoms with van der Waals surface area (Å²) in [5.74, 6) is -0.396. The zero-order valence-electron chi connectivity index (χ0n) is 16.2. The van der Waals surface area contributed by atoms with Crippen LogP contribution in [0.15, 0.2) is 24.3 Å². The van der Waals surface area contributed by atoms with Gasteiger partial charge in [0.25, 0.3) is 0 Å². The number of hydrogen-bond donors (Lipinski definition) is 1. The van der Waals surface area contributed by atoms with Gasteiger partial charge in [-0.2, -0.15) is 0 Å². The molecule has 0 aliphatic heterocycles. The molecule has 148 valence electrons. The summed E-state index contributed by atoms with van der Waals surface area (Å²) >= 11 is 0. The summed E-state index contributed by atoms with van der Waals surface area (Å²) in [5.41, 5.74) is 0.286. The van der Waals surface area contributed by atoms with Gasteiger partial charge < -0.3 is 5.32 Å². The predicted octanol–water partition coefficient (Wildman–Crippen LogP) is 3.70. The highest BCUT2D eigenvalue weighted by molar-refractivity contribution is 7.92. The number of hydrogen-bond acceptors (Lipinski definition) is 3. The van der Waals surface area contributed by atoms with Crippen LogP contribution < -0.4 is 9.62 Å². The molecule has 7 heteroatoms. The van der Waals surface area contributed by atoms with Crippen molar-refractivity contribution in [3.63, 3.8) is 0 Å². The fourth-order valence-corrected chi connectivity index (χ4v) is 4.17. The third-order valence-corrected chi connectivity index (χ3v) is 5.70. The highest BCUT2D eigenvalue weighted by atomic mass is 32.2. The number of sulfonamides is 1. The first kappa shape index (κ1) is 22.4. The lowest BCUT2D eigenvalue weighted by molar-refractivity contribution is -0.122. The van der Waals surface area contributed by atoms with Gasteiger partial charge in [0.15, 0.2) is 0 Å². The van der Waals surface area contributed by atoms with Gasteiger partial charge in [0.1, 0.15) is 11.9 Å². The average molecular weight is 387 g/mol. The number of carbonyl (C=O) groups excluding carboxylic acids is 1. The predicted molar refractivity (Wildman–Crippen MR) is 104 cm³/mol. The van der Waals surface area contributed by atoms with Crippen LogP contribution in [0.1, 0.15) is 52.9 Å². The Morgan fingerprint density at radius 3 is 2.23 bits per heavy atom. The molecule has 0 spiro atoms. The summed E-state index contributed by atoms with van der Waals surface area (Å²) in [5, 5.41) is 2.91. The first-order valence-corrected chi connectivity index (χ1v) is 11.1. The van der Waals surface area contributed by atoms with Crippen molar-refractivity contribution < 1.29 is 17.6 Å². The van der Waals surface area contributed by atoms with Gasteiger partial charge in [0.05, 0.1) is 11.9 Å². The molecule has 0 aromatic heterocycles. The third-order valence-electron chi connectivity index (χ3n) is 4.52. The summed E-state index contributed by atoms with van der Waals surface area (Å²) in [7, 11) is -3.70. The average Bonchev–Trinajstić information content (AvgIpc) is 2.59. The van der Waals surface area contributed by atoms with Gasteiger partial charge in [-0.25, -0.2) is 12.8 Å². The zero-order chi connectivity index (χ0) is 19.7. The van der Waals surface area contributed by atoms with E-state index < -0.39 is 21.9 Å². The zero-order valence-corrected chi connectivity index (χ0v) is 17.0. The van der Waals surface area contributed by atoms with E-state index >= 15 is 0 Å². The molecule has 0 radical (unpaired) electrons. The van der Waals surface area contributed by atoms with E-state index in [9.17, 15) is 17.6 Å². The largest absolute Gasteiger partial charge is 0.354 e. The molecule has 1 aromatic carbocycles. The van der Waals surface area contributed by atoms with Gasteiger partial charge in [0, 0.05) is 6.54 Å². The van der Waals surface area contributed by atoms with Crippen LogP contribution in [-0.2, 0) is 14.8 Å². The van der Waals surface area contributed by atoms with Gasteiger partial charge in [-0.3, -0.25) is 9.10 Å². The molecule has 0 aliphatic rings. The van der Waals surface area contributed by atoms with Crippen LogP contribution in [0.5, 0.6) is 0 Å². The van der Waals surface area contributed by atoms with Crippen LogP contribution in [-0.4, -0.2) is 33.2 Å². The van der Waals surface area contributed by atoms with Crippen LogP contribution in [0.25, 0.3) is 0 Å². The number of amides is 1. The van der Waals surface area contributed by atoms with E-state index in [0.717, 1.165) is 36.2 Å². The number of nitrogens with one attached hydrogen (secondary N) is 1. The maximum atomic E-state index is 13.2. The molecule has 1 N–H and O–H groups in total. The topological polar surface area (TPSA) is 66.5 Å². The second kappa shape index (κ2) is 10.5. The molecule has 5 nitrogen and oxygen atoms in total. The highest BCUT2D eigenvalue weighted by Gasteiger charge is 2.31. The van der Waals surface area contributed by atoms with Gasteiger partial charge in [-0.15, -0.1) is 0 Å². The molecule has 1 rings (SSSR count). The van der Waals surface area contributed by atoms with E-state index in [4.69, 9.17) is 0 Å². The fourth-order valence-electron chi connectivity index (χ4n) is 2.95. The van der Waals surface area contributed by atoms with Gasteiger partial charge in [-0.05, 0) is 43.0 Å². The third kappa shape index (κ3) is 6.59. The van der Waals surface area contributed by atoms with Gasteiger partial charge >= 0.3 is 0 Å². The number of unbranched alkanes of at least 4 members (excludes halogenated alkanes) is 1. The monoisotopic (exact) mass is 386 g/mol. The first-order chi connectivity index (χ1) is 12.2. The lowest BCUT2D eigenvalue weighted by atomic mass is 9.99. The van der Waals surface area contributed by atoms with E-state index in [2.05, 4.69) is 19.2 Å². The van der Waals surface area contributed by atoms with E-state index in [1.54, 1.807) is 6.92 Å². The van der Waals surface area contributed by atoms with Crippen LogP contribution in [0.4, 0.5) is 10.1 Å². The Morgan fingerprint density at radius 1 is 1.15 bits per heavy atom. The van der Waals surface area contributed by atoms with E-state index in [1.165, 1.54) is 24.3 Å². The quantitative estimate of drug-likeness (QED) is 0.630. The molecule has 1 amide bonds. The maximum Gasteiger partial charge on any atom is 0.243 e. The minimum atomic E-state index is -3.70. The van der Waals surface area contributed by atoms with E-state index in [1.807, 2.05) is 0 Å². The second-order valence-corrected chi connectivity index (χ2v) is 8.48. The molecule has 2 atom stereocenters. The molecule has 0 bridgehead atoms. The number of nitrogens with zero attached hydrogens (tertiary/aromatic N) is 1. The van der Waals surface area contributed by atoms with Crippen molar-refractivity contribution in [3.8, 4) is 0 Å². The molecule has 1 aromatic rings. The summed E-state index contributed by atoms with van der Waals surface area (Å²) in [6.45, 7) is 6.52. The van der Waals surface area contributed by atoms with Crippen molar-refractivity contribution in [1.82, 2.24) is 5.32 Å². The number of carbonyl (C=O) groups is 1. The normalized spacial score (nSPS) is 13.9. The Morgan fingerprint density at radius 2 is 1.77 bits per heavy atom. The molecule has 0 saturated heterocycles. The Kier molecular flexibility index (Phi) is 9.05. The first-order valence-electron chi connectivity index (χ1n) is 9.27. The van der Waals surface area contributed by atoms with Crippen LogP contribution in [0.2, 0.25) is 0 Å². The van der Waals surface area contributed by atoms with Crippen LogP contribution in [0.3, 0.4) is 0 Å². The van der Waals surface area contributed by atoms with E-state index in [0.29, 0.717) is 18.9 Å². The summed E-state index contributed by atoms with van der Waals surface area (Å²) in [4.78, 5) is 12.7. The summed E-state index contributed by atoms with van der Waals surface area (Å²) < 4.78 is 38.9. The van der Waals surface area contributed by atoms with Crippen molar-refractivity contribution in [2.24, 2.45) is 5.92 Å². The number of halogens is 1. The van der Waals surface area contributed by atoms with Crippen molar-refractivity contribution in [3.05, 3.63) is 30.1 Å². The molecule has 0 fully saturated rings. The SMILES string of the molecule is CCCC[C@H](CC)CNC(=O)[C@@H](CC)N(c1ccc(F)cc1)S(C)(=O)=O. The lowest BCUT2D eigenvalue weighted by Gasteiger charge is -2.30. The fraction of sp³-hybridized carbons (Fsp3) is 0.632. The molecule has 26 heavy (non-hydrogen) atoms. The van der Waals surface area contributed by atoms with Crippen molar-refractivity contribution >= 4 is 21.6 Å². The van der Waals surface area contributed by atoms with E-state index in [-0.39, 0.29) is 11.6 Å². The Labute approximate surface area is 157 Å². The van der Waals surface area contributed by atoms with Crippen molar-refractivity contribution in [2.45, 2.75) is 58.9 Å². The minimum Gasteiger partial charge on any atom is -0.354 e. The molecule has 0 saturated carbocycles. The molecule has 0 aliphatic carbocycles. The second-order valence-electron chi connectivity index (χ2n) is 6.62. The van der Waals surface area contributed by atoms with Gasteiger partial charge in [-0.1, -0.05) is 40.0 Å². The standard InChI is InChI=1S/C19H31FN2O3S/c1-5-8-9-15(6-2)14-21-19(23)18(7-3)22(26(4,24)25)17-12-10-16(20)11-13-17/h10-13,15,18H,5-9,14H2,1-4H3,(H,21,23)/t15-,18+/m0/s1. The Hall–Kier alpha value is -1.63. The molecular weight excluding hydrogens is 355 g/mol. The number of benzene rings is 1. The smallest absolute Gasteiger partial charge is 0.243 e. The summed E-state index contributed by atoms with van der Waals surface area (Å²) in [6.07, 6.45) is 5.60. The molecule has 0 heterocycles. The Balaban J connectivity index is 2.96. The molecular formula is C19H31FN2O3S. The molecule has 0 unspecified atom stereocenters. The van der Waals surface area contributed by atoms with Crippen molar-refractivity contribution in [1.29, 1.82) is 0 Å². The van der Waals surface area contributed by atoms with Gasteiger partial charge in [0.2, 0.25) is 15.9 Å². The summed E-state index contributed by atoms with van der Waals surface area (Å²) in [6, 6.07) is 4.27. The number of anilines is 1. The lowest BCUT2D eigenvalue weighted by Crippen LogP contribution is -2.50. The minimum absolute atomic E-state index is 0.286. The van der Waals surface area contributed by atoms with Crippen LogP contribution >= 0.6 is 0 Å². The Bertz CT molecular complexity index is 662. The maximum absolute atomic E-state index is 13.2.